The Labute approximate surface area is 175 Å². The van der Waals surface area contributed by atoms with Crippen molar-refractivity contribution in [3.8, 4) is 0 Å². The average Bonchev–Trinajstić information content (AvgIpc) is 2.76. The zero-order chi connectivity index (χ0) is 22.1. The van der Waals surface area contributed by atoms with Gasteiger partial charge in [0, 0.05) is 30.9 Å². The second-order valence-electron chi connectivity index (χ2n) is 7.20. The van der Waals surface area contributed by atoms with Crippen molar-refractivity contribution in [1.82, 2.24) is 9.38 Å². The van der Waals surface area contributed by atoms with Crippen LogP contribution in [0, 0.1) is 11.6 Å². The van der Waals surface area contributed by atoms with Crippen LogP contribution < -0.4 is 15.8 Å². The van der Waals surface area contributed by atoms with Gasteiger partial charge in [-0.25, -0.2) is 18.6 Å². The van der Waals surface area contributed by atoms with E-state index in [1.165, 1.54) is 30.5 Å². The number of nitrogens with one attached hydrogen (secondary N) is 1. The lowest BCUT2D eigenvalue weighted by atomic mass is 10.1. The molecule has 1 aromatic carbocycles. The number of carboxylic acids is 1. The predicted molar refractivity (Wildman–Crippen MR) is 110 cm³/mol. The van der Waals surface area contributed by atoms with Crippen molar-refractivity contribution in [2.45, 2.75) is 13.0 Å². The molecular formula is C21H20F2N4O4. The van der Waals surface area contributed by atoms with Gasteiger partial charge in [0.05, 0.1) is 30.5 Å². The average molecular weight is 430 g/mol. The molecular weight excluding hydrogens is 410 g/mol. The molecule has 2 aromatic heterocycles. The summed E-state index contributed by atoms with van der Waals surface area (Å²) in [7, 11) is 0. The molecule has 162 valence electrons. The fourth-order valence-electron chi connectivity index (χ4n) is 3.53. The number of pyridine rings is 1. The highest BCUT2D eigenvalue weighted by Crippen LogP contribution is 2.26. The molecule has 1 aliphatic heterocycles. The number of aromatic carboxylic acids is 1. The number of ether oxygens (including phenoxy) is 1. The molecule has 0 spiro atoms. The van der Waals surface area contributed by atoms with Crippen molar-refractivity contribution in [2.24, 2.45) is 0 Å². The van der Waals surface area contributed by atoms with E-state index in [1.54, 1.807) is 6.92 Å². The number of hydrogen-bond acceptors (Lipinski definition) is 6. The Morgan fingerprint density at radius 2 is 2.00 bits per heavy atom. The lowest BCUT2D eigenvalue weighted by Gasteiger charge is -2.28. The molecule has 4 rings (SSSR count). The van der Waals surface area contributed by atoms with Crippen molar-refractivity contribution < 1.29 is 23.4 Å². The number of aromatic nitrogens is 2. The second-order valence-corrected chi connectivity index (χ2v) is 7.20. The molecule has 0 saturated carbocycles. The Hall–Kier alpha value is -3.53. The Morgan fingerprint density at radius 1 is 1.26 bits per heavy atom. The maximum absolute atomic E-state index is 14.1. The lowest BCUT2D eigenvalue weighted by Crippen LogP contribution is -2.37. The van der Waals surface area contributed by atoms with Gasteiger partial charge in [0.1, 0.15) is 11.5 Å². The topological polar surface area (TPSA) is 96.2 Å². The summed E-state index contributed by atoms with van der Waals surface area (Å²) in [6.45, 7) is 3.78. The molecule has 1 saturated heterocycles. The zero-order valence-electron chi connectivity index (χ0n) is 16.6. The maximum atomic E-state index is 14.1. The highest BCUT2D eigenvalue weighted by Gasteiger charge is 2.21. The van der Waals surface area contributed by atoms with E-state index in [2.05, 4.69) is 10.3 Å². The van der Waals surface area contributed by atoms with E-state index >= 15 is 0 Å². The number of fused-ring (bicyclic) bond motifs is 1. The van der Waals surface area contributed by atoms with E-state index in [0.29, 0.717) is 37.7 Å². The van der Waals surface area contributed by atoms with Gasteiger partial charge < -0.3 is 20.1 Å². The maximum Gasteiger partial charge on any atom is 0.337 e. The summed E-state index contributed by atoms with van der Waals surface area (Å²) in [5, 5.41) is 12.3. The van der Waals surface area contributed by atoms with Gasteiger partial charge in [0.2, 0.25) is 0 Å². The molecule has 1 aliphatic rings. The Bertz CT molecular complexity index is 1210. The fraction of sp³-hybridized carbons (Fsp3) is 0.286. The zero-order valence-corrected chi connectivity index (χ0v) is 16.6. The van der Waals surface area contributed by atoms with Crippen LogP contribution in [-0.4, -0.2) is 46.8 Å². The first-order valence-electron chi connectivity index (χ1n) is 9.69. The molecule has 3 aromatic rings. The van der Waals surface area contributed by atoms with Crippen LogP contribution in [0.5, 0.6) is 0 Å². The van der Waals surface area contributed by atoms with Crippen molar-refractivity contribution in [3.05, 3.63) is 69.6 Å². The number of carboxylic acid groups (broad SMARTS) is 1. The van der Waals surface area contributed by atoms with Crippen LogP contribution in [0.3, 0.4) is 0 Å². The molecule has 10 heteroatoms. The summed E-state index contributed by atoms with van der Waals surface area (Å²) in [6, 6.07) is 5.77. The molecule has 2 N–H and O–H groups in total. The number of anilines is 2. The predicted octanol–water partition coefficient (Wildman–Crippen LogP) is 2.68. The van der Waals surface area contributed by atoms with Gasteiger partial charge >= 0.3 is 5.97 Å². The van der Waals surface area contributed by atoms with Crippen molar-refractivity contribution in [2.75, 3.05) is 36.5 Å². The van der Waals surface area contributed by atoms with E-state index < -0.39 is 29.2 Å². The monoisotopic (exact) mass is 430 g/mol. The second kappa shape index (κ2) is 8.31. The minimum atomic E-state index is -1.23. The van der Waals surface area contributed by atoms with Gasteiger partial charge in [-0.05, 0) is 25.1 Å². The molecule has 31 heavy (non-hydrogen) atoms. The van der Waals surface area contributed by atoms with Gasteiger partial charge in [0.15, 0.2) is 11.6 Å². The summed E-state index contributed by atoms with van der Waals surface area (Å²) < 4.78 is 34.2. The smallest absolute Gasteiger partial charge is 0.337 e. The van der Waals surface area contributed by atoms with Crippen LogP contribution in [0.4, 0.5) is 20.3 Å². The molecule has 0 amide bonds. The SMILES string of the molecule is CC(Nc1cccc(F)c1F)c1cc(C(=O)O)cn2c(=O)cc(N3CCOCC3)nc12. The number of carbonyl (C=O) groups is 1. The minimum Gasteiger partial charge on any atom is -0.478 e. The van der Waals surface area contributed by atoms with Gasteiger partial charge in [-0.2, -0.15) is 0 Å². The summed E-state index contributed by atoms with van der Waals surface area (Å²) in [6.07, 6.45) is 1.20. The van der Waals surface area contributed by atoms with E-state index in [-0.39, 0.29) is 16.9 Å². The molecule has 3 heterocycles. The molecule has 0 aliphatic carbocycles. The molecule has 8 nitrogen and oxygen atoms in total. The highest BCUT2D eigenvalue weighted by molar-refractivity contribution is 5.88. The van der Waals surface area contributed by atoms with Crippen molar-refractivity contribution in [1.29, 1.82) is 0 Å². The van der Waals surface area contributed by atoms with E-state index in [0.717, 1.165) is 10.5 Å². The number of nitrogens with zero attached hydrogens (tertiary/aromatic N) is 3. The number of rotatable bonds is 5. The third-order valence-corrected chi connectivity index (χ3v) is 5.15. The number of hydrogen-bond donors (Lipinski definition) is 2. The van der Waals surface area contributed by atoms with E-state index in [4.69, 9.17) is 4.74 Å². The number of halogens is 2. The molecule has 1 unspecified atom stereocenters. The van der Waals surface area contributed by atoms with Crippen LogP contribution in [0.1, 0.15) is 28.9 Å². The molecule has 1 fully saturated rings. The highest BCUT2D eigenvalue weighted by atomic mass is 19.2. The van der Waals surface area contributed by atoms with Crippen LogP contribution in [-0.2, 0) is 4.74 Å². The summed E-state index contributed by atoms with van der Waals surface area (Å²) in [5.41, 5.74) is -0.0662. The third-order valence-electron chi connectivity index (χ3n) is 5.15. The minimum absolute atomic E-state index is 0.0851. The summed E-state index contributed by atoms with van der Waals surface area (Å²) in [5.74, 6) is -2.84. The lowest BCUT2D eigenvalue weighted by molar-refractivity contribution is 0.0696. The van der Waals surface area contributed by atoms with Crippen LogP contribution in [0.2, 0.25) is 0 Å². The van der Waals surface area contributed by atoms with Gasteiger partial charge in [0.25, 0.3) is 5.56 Å². The van der Waals surface area contributed by atoms with Crippen LogP contribution in [0.25, 0.3) is 5.65 Å². The number of morpholine rings is 1. The molecule has 0 radical (unpaired) electrons. The first kappa shape index (κ1) is 20.7. The van der Waals surface area contributed by atoms with Gasteiger partial charge in [-0.15, -0.1) is 0 Å². The summed E-state index contributed by atoms with van der Waals surface area (Å²) >= 11 is 0. The van der Waals surface area contributed by atoms with Gasteiger partial charge in [-0.3, -0.25) is 9.20 Å². The van der Waals surface area contributed by atoms with E-state index in [1.807, 2.05) is 4.90 Å². The Morgan fingerprint density at radius 3 is 2.71 bits per heavy atom. The largest absolute Gasteiger partial charge is 0.478 e. The third kappa shape index (κ3) is 4.06. The van der Waals surface area contributed by atoms with Crippen molar-refractivity contribution >= 4 is 23.1 Å². The van der Waals surface area contributed by atoms with E-state index in [9.17, 15) is 23.5 Å². The Kier molecular flexibility index (Phi) is 5.55. The Balaban J connectivity index is 1.84. The fourth-order valence-corrected chi connectivity index (χ4v) is 3.53. The molecule has 1 atom stereocenters. The quantitative estimate of drug-likeness (QED) is 0.643. The van der Waals surface area contributed by atoms with Crippen molar-refractivity contribution in [3.63, 3.8) is 0 Å². The van der Waals surface area contributed by atoms with Crippen LogP contribution >= 0.6 is 0 Å². The normalized spacial score (nSPS) is 15.1. The summed E-state index contributed by atoms with van der Waals surface area (Å²) in [4.78, 5) is 30.9. The first-order chi connectivity index (χ1) is 14.8. The molecule has 0 bridgehead atoms. The standard InChI is InChI=1S/C21H20F2N4O4/c1-12(24-16-4-2-3-15(22)19(16)23)14-9-13(21(29)30)11-27-18(28)10-17(25-20(14)27)26-5-7-31-8-6-26/h2-4,9-12,24H,5-8H2,1H3,(H,29,30). The van der Waals surface area contributed by atoms with Crippen LogP contribution in [0.15, 0.2) is 41.3 Å². The van der Waals surface area contributed by atoms with Gasteiger partial charge in [-0.1, -0.05) is 6.07 Å². The first-order valence-corrected chi connectivity index (χ1v) is 9.69. The number of benzene rings is 1.